The average Bonchev–Trinajstić information content (AvgIpc) is 2.57. The Bertz CT molecular complexity index is 706. The van der Waals surface area contributed by atoms with Crippen molar-refractivity contribution in [2.75, 3.05) is 18.5 Å². The Kier molecular flexibility index (Phi) is 6.07. The van der Waals surface area contributed by atoms with Gasteiger partial charge in [-0.1, -0.05) is 6.07 Å². The molecule has 0 fully saturated rings. The molecule has 8 nitrogen and oxygen atoms in total. The zero-order valence-electron chi connectivity index (χ0n) is 13.2. The minimum absolute atomic E-state index is 0.123. The number of ether oxygens (including phenoxy) is 1. The summed E-state index contributed by atoms with van der Waals surface area (Å²) < 4.78 is 5.37. The molecule has 0 spiro atoms. The number of urea groups is 1. The van der Waals surface area contributed by atoms with Gasteiger partial charge in [-0.2, -0.15) is 0 Å². The molecule has 0 aliphatic carbocycles. The molecule has 0 saturated carbocycles. The topological polar surface area (TPSA) is 106 Å². The van der Waals surface area contributed by atoms with E-state index in [4.69, 9.17) is 4.74 Å². The molecule has 0 bridgehead atoms. The van der Waals surface area contributed by atoms with E-state index in [1.54, 1.807) is 13.1 Å². The maximum atomic E-state index is 12.0. The molecule has 126 valence electrons. The molecule has 0 saturated heterocycles. The van der Waals surface area contributed by atoms with Gasteiger partial charge in [0.2, 0.25) is 0 Å². The van der Waals surface area contributed by atoms with Crippen LogP contribution < -0.4 is 15.4 Å². The number of amides is 2. The largest absolute Gasteiger partial charge is 0.492 e. The fraction of sp³-hybridized carbons (Fsp3) is 0.250. The second-order valence-corrected chi connectivity index (χ2v) is 4.82. The van der Waals surface area contributed by atoms with Crippen LogP contribution in [0.5, 0.6) is 5.75 Å². The minimum atomic E-state index is -0.528. The maximum Gasteiger partial charge on any atom is 0.319 e. The monoisotopic (exact) mass is 330 g/mol. The summed E-state index contributed by atoms with van der Waals surface area (Å²) in [4.78, 5) is 26.5. The smallest absolute Gasteiger partial charge is 0.319 e. The molecule has 0 aliphatic rings. The number of rotatable bonds is 7. The number of non-ortho nitro benzene ring substituents is 1. The Morgan fingerprint density at radius 2 is 2.17 bits per heavy atom. The third kappa shape index (κ3) is 4.94. The summed E-state index contributed by atoms with van der Waals surface area (Å²) in [5.41, 5.74) is 0.992. The van der Waals surface area contributed by atoms with Crippen LogP contribution in [0, 0.1) is 10.1 Å². The highest BCUT2D eigenvalue weighted by atomic mass is 16.6. The third-order valence-corrected chi connectivity index (χ3v) is 3.11. The standard InChI is InChI=1S/C16H18N4O4/c1-2-24-15-7-6-13(20(22)23)11-14(15)19-16(21)18-10-8-12-5-3-4-9-17-12/h3-7,9,11H,2,8,10H2,1H3,(H2,18,19,21). The van der Waals surface area contributed by atoms with E-state index in [1.807, 2.05) is 18.2 Å². The van der Waals surface area contributed by atoms with Gasteiger partial charge < -0.3 is 15.4 Å². The highest BCUT2D eigenvalue weighted by Gasteiger charge is 2.13. The zero-order chi connectivity index (χ0) is 17.4. The van der Waals surface area contributed by atoms with E-state index in [1.165, 1.54) is 18.2 Å². The molecule has 8 heteroatoms. The minimum Gasteiger partial charge on any atom is -0.492 e. The van der Waals surface area contributed by atoms with Crippen LogP contribution in [0.15, 0.2) is 42.6 Å². The van der Waals surface area contributed by atoms with E-state index in [0.717, 1.165) is 5.69 Å². The summed E-state index contributed by atoms with van der Waals surface area (Å²) in [6.07, 6.45) is 2.27. The maximum absolute atomic E-state index is 12.0. The van der Waals surface area contributed by atoms with Gasteiger partial charge in [0.25, 0.3) is 5.69 Å². The predicted molar refractivity (Wildman–Crippen MR) is 89.2 cm³/mol. The Morgan fingerprint density at radius 3 is 2.83 bits per heavy atom. The number of nitro groups is 1. The summed E-state index contributed by atoms with van der Waals surface area (Å²) in [7, 11) is 0. The predicted octanol–water partition coefficient (Wildman–Crippen LogP) is 2.75. The van der Waals surface area contributed by atoms with E-state index >= 15 is 0 Å². The van der Waals surface area contributed by atoms with Gasteiger partial charge in [-0.25, -0.2) is 4.79 Å². The molecule has 2 rings (SSSR count). The van der Waals surface area contributed by atoms with Gasteiger partial charge in [-0.15, -0.1) is 0 Å². The van der Waals surface area contributed by atoms with E-state index < -0.39 is 11.0 Å². The summed E-state index contributed by atoms with van der Waals surface area (Å²) in [5, 5.41) is 16.1. The Morgan fingerprint density at radius 1 is 1.33 bits per heavy atom. The number of benzene rings is 1. The van der Waals surface area contributed by atoms with Crippen molar-refractivity contribution in [3.8, 4) is 5.75 Å². The molecule has 1 aromatic carbocycles. The Balaban J connectivity index is 1.96. The lowest BCUT2D eigenvalue weighted by Crippen LogP contribution is -2.30. The number of nitro benzene ring substituents is 1. The summed E-state index contributed by atoms with van der Waals surface area (Å²) in [6.45, 7) is 2.56. The molecule has 1 aromatic heterocycles. The van der Waals surface area contributed by atoms with Crippen molar-refractivity contribution in [2.45, 2.75) is 13.3 Å². The van der Waals surface area contributed by atoms with Crippen molar-refractivity contribution in [2.24, 2.45) is 0 Å². The van der Waals surface area contributed by atoms with Crippen molar-refractivity contribution in [3.05, 3.63) is 58.4 Å². The van der Waals surface area contributed by atoms with Crippen molar-refractivity contribution < 1.29 is 14.5 Å². The van der Waals surface area contributed by atoms with Crippen molar-refractivity contribution in [3.63, 3.8) is 0 Å². The quantitative estimate of drug-likeness (QED) is 0.599. The molecule has 0 aliphatic heterocycles. The van der Waals surface area contributed by atoms with E-state index in [2.05, 4.69) is 15.6 Å². The Labute approximate surface area is 139 Å². The highest BCUT2D eigenvalue weighted by molar-refractivity contribution is 5.91. The number of hydrogen-bond donors (Lipinski definition) is 2. The van der Waals surface area contributed by atoms with Crippen LogP contribution >= 0.6 is 0 Å². The summed E-state index contributed by atoms with van der Waals surface area (Å²) in [5.74, 6) is 0.378. The van der Waals surface area contributed by atoms with E-state index in [-0.39, 0.29) is 11.4 Å². The van der Waals surface area contributed by atoms with Crippen LogP contribution in [0.1, 0.15) is 12.6 Å². The Hall–Kier alpha value is -3.16. The lowest BCUT2D eigenvalue weighted by atomic mass is 10.2. The van der Waals surface area contributed by atoms with Gasteiger partial charge >= 0.3 is 6.03 Å². The number of carbonyl (C=O) groups is 1. The molecule has 2 amide bonds. The average molecular weight is 330 g/mol. The molecule has 1 heterocycles. The van der Waals surface area contributed by atoms with Gasteiger partial charge in [0.05, 0.1) is 17.2 Å². The number of aromatic nitrogens is 1. The first-order valence-corrected chi connectivity index (χ1v) is 7.46. The SMILES string of the molecule is CCOc1ccc([N+](=O)[O-])cc1NC(=O)NCCc1ccccn1. The van der Waals surface area contributed by atoms with Gasteiger partial charge in [-0.05, 0) is 25.1 Å². The fourth-order valence-corrected chi connectivity index (χ4v) is 2.03. The van der Waals surface area contributed by atoms with Crippen LogP contribution in [0.2, 0.25) is 0 Å². The van der Waals surface area contributed by atoms with Crippen molar-refractivity contribution >= 4 is 17.4 Å². The van der Waals surface area contributed by atoms with Crippen molar-refractivity contribution in [1.29, 1.82) is 0 Å². The summed E-state index contributed by atoms with van der Waals surface area (Å²) >= 11 is 0. The van der Waals surface area contributed by atoms with Crippen LogP contribution in [0.3, 0.4) is 0 Å². The second kappa shape index (κ2) is 8.47. The number of nitrogens with one attached hydrogen (secondary N) is 2. The molecular formula is C16H18N4O4. The number of anilines is 1. The molecule has 2 aromatic rings. The number of carbonyl (C=O) groups excluding carboxylic acids is 1. The van der Waals surface area contributed by atoms with Gasteiger partial charge in [0, 0.05) is 37.0 Å². The van der Waals surface area contributed by atoms with E-state index in [9.17, 15) is 14.9 Å². The van der Waals surface area contributed by atoms with Crippen LogP contribution in [-0.4, -0.2) is 29.1 Å². The van der Waals surface area contributed by atoms with Crippen molar-refractivity contribution in [1.82, 2.24) is 10.3 Å². The van der Waals surface area contributed by atoms with Crippen LogP contribution in [0.25, 0.3) is 0 Å². The second-order valence-electron chi connectivity index (χ2n) is 4.82. The highest BCUT2D eigenvalue weighted by Crippen LogP contribution is 2.29. The zero-order valence-corrected chi connectivity index (χ0v) is 13.2. The normalized spacial score (nSPS) is 10.0. The first-order valence-electron chi connectivity index (χ1n) is 7.46. The first-order chi connectivity index (χ1) is 11.6. The van der Waals surface area contributed by atoms with Crippen LogP contribution in [0.4, 0.5) is 16.2 Å². The van der Waals surface area contributed by atoms with Gasteiger partial charge in [0.1, 0.15) is 5.75 Å². The molecule has 0 atom stereocenters. The molecular weight excluding hydrogens is 312 g/mol. The fourth-order valence-electron chi connectivity index (χ4n) is 2.03. The lowest BCUT2D eigenvalue weighted by Gasteiger charge is -2.12. The number of nitrogens with zero attached hydrogens (tertiary/aromatic N) is 2. The molecule has 24 heavy (non-hydrogen) atoms. The first kappa shape index (κ1) is 17.2. The molecule has 0 radical (unpaired) electrons. The number of pyridine rings is 1. The summed E-state index contributed by atoms with van der Waals surface area (Å²) in [6, 6.07) is 9.16. The molecule has 2 N–H and O–H groups in total. The third-order valence-electron chi connectivity index (χ3n) is 3.11. The molecule has 0 unspecified atom stereocenters. The van der Waals surface area contributed by atoms with Crippen LogP contribution in [-0.2, 0) is 6.42 Å². The van der Waals surface area contributed by atoms with Gasteiger partial charge in [0.15, 0.2) is 0 Å². The lowest BCUT2D eigenvalue weighted by molar-refractivity contribution is -0.384. The number of hydrogen-bond acceptors (Lipinski definition) is 5. The van der Waals surface area contributed by atoms with E-state index in [0.29, 0.717) is 25.3 Å². The van der Waals surface area contributed by atoms with Gasteiger partial charge in [-0.3, -0.25) is 15.1 Å².